The summed E-state index contributed by atoms with van der Waals surface area (Å²) < 4.78 is 28.4. The molecule has 2 N–H and O–H groups in total. The summed E-state index contributed by atoms with van der Waals surface area (Å²) in [5.41, 5.74) is 2.83. The number of allylic oxidation sites excluding steroid dienone is 1. The predicted molar refractivity (Wildman–Crippen MR) is 159 cm³/mol. The second kappa shape index (κ2) is 14.1. The molecule has 7 heteroatoms. The van der Waals surface area contributed by atoms with Crippen molar-refractivity contribution in [2.75, 3.05) is 23.7 Å². The number of benzene rings is 1. The number of carbonyl (C=O) groups is 1. The summed E-state index contributed by atoms with van der Waals surface area (Å²) in [5.74, 6) is -0.692. The first kappa shape index (κ1) is 31.8. The molecule has 1 saturated heterocycles. The van der Waals surface area contributed by atoms with Crippen molar-refractivity contribution in [3.05, 3.63) is 64.7 Å². The van der Waals surface area contributed by atoms with Gasteiger partial charge in [0.2, 0.25) is 0 Å². The number of hydrogen-bond donors (Lipinski definition) is 2. The van der Waals surface area contributed by atoms with Crippen molar-refractivity contribution < 1.29 is 18.3 Å². The molecule has 1 aliphatic heterocycles. The lowest BCUT2D eigenvalue weighted by Gasteiger charge is -2.37. The SMILES string of the molecule is C=C1/C(=C\C(CN[C@H](C)C(=O)O)=C(/C)C(C)C)S(=O)(=O)CC(CCCC)(CCCC)CN1c1ccccc1. The number of hydrogen-bond acceptors (Lipinski definition) is 5. The van der Waals surface area contributed by atoms with Crippen LogP contribution in [0.5, 0.6) is 0 Å². The van der Waals surface area contributed by atoms with Crippen LogP contribution in [0.15, 0.2) is 64.7 Å². The van der Waals surface area contributed by atoms with E-state index in [4.69, 9.17) is 0 Å². The van der Waals surface area contributed by atoms with E-state index in [2.05, 4.69) is 44.5 Å². The molecule has 0 bridgehead atoms. The maximum absolute atomic E-state index is 14.2. The van der Waals surface area contributed by atoms with Gasteiger partial charge in [0.25, 0.3) is 0 Å². The normalized spacial score (nSPS) is 19.8. The maximum atomic E-state index is 14.2. The third-order valence-electron chi connectivity index (χ3n) is 7.77. The molecule has 1 aliphatic rings. The van der Waals surface area contributed by atoms with Crippen molar-refractivity contribution in [1.29, 1.82) is 0 Å². The molecular weight excluding hydrogens is 496 g/mol. The average Bonchev–Trinajstić information content (AvgIpc) is 2.96. The summed E-state index contributed by atoms with van der Waals surface area (Å²) in [5, 5.41) is 12.4. The van der Waals surface area contributed by atoms with Crippen LogP contribution in [-0.2, 0) is 14.6 Å². The Balaban J connectivity index is 2.73. The monoisotopic (exact) mass is 544 g/mol. The van der Waals surface area contributed by atoms with E-state index in [1.54, 1.807) is 13.0 Å². The Morgan fingerprint density at radius 3 is 2.21 bits per heavy atom. The van der Waals surface area contributed by atoms with Gasteiger partial charge in [-0.15, -0.1) is 0 Å². The van der Waals surface area contributed by atoms with Crippen molar-refractivity contribution in [2.24, 2.45) is 11.3 Å². The molecule has 1 heterocycles. The number of nitrogens with one attached hydrogen (secondary N) is 1. The second-order valence-electron chi connectivity index (χ2n) is 11.1. The molecule has 1 aromatic rings. The number of carboxylic acids is 1. The van der Waals surface area contributed by atoms with Crippen LogP contribution in [0.2, 0.25) is 0 Å². The van der Waals surface area contributed by atoms with Gasteiger partial charge in [-0.1, -0.05) is 83.7 Å². The maximum Gasteiger partial charge on any atom is 0.320 e. The number of carboxylic acid groups (broad SMARTS) is 1. The van der Waals surface area contributed by atoms with Crippen LogP contribution in [-0.4, -0.2) is 44.4 Å². The second-order valence-corrected chi connectivity index (χ2v) is 13.1. The number of sulfone groups is 1. The quantitative estimate of drug-likeness (QED) is 0.287. The molecule has 1 fully saturated rings. The first-order chi connectivity index (χ1) is 17.9. The average molecular weight is 545 g/mol. The Labute approximate surface area is 230 Å². The molecule has 1 aromatic carbocycles. The Morgan fingerprint density at radius 1 is 1.13 bits per heavy atom. The van der Waals surface area contributed by atoms with Crippen molar-refractivity contribution in [1.82, 2.24) is 5.32 Å². The minimum absolute atomic E-state index is 0.0845. The molecule has 2 rings (SSSR count). The van der Waals surface area contributed by atoms with Crippen LogP contribution in [0.1, 0.15) is 80.1 Å². The van der Waals surface area contributed by atoms with Crippen molar-refractivity contribution in [2.45, 2.75) is 86.1 Å². The van der Waals surface area contributed by atoms with Crippen LogP contribution in [0.3, 0.4) is 0 Å². The lowest BCUT2D eigenvalue weighted by atomic mass is 9.79. The summed E-state index contributed by atoms with van der Waals surface area (Å²) in [4.78, 5) is 13.8. The molecule has 0 unspecified atom stereocenters. The van der Waals surface area contributed by atoms with Crippen LogP contribution < -0.4 is 10.2 Å². The van der Waals surface area contributed by atoms with E-state index >= 15 is 0 Å². The number of aliphatic carboxylic acids is 1. The summed E-state index contributed by atoms with van der Waals surface area (Å²) >= 11 is 0. The van der Waals surface area contributed by atoms with Gasteiger partial charge in [0.05, 0.1) is 16.4 Å². The summed E-state index contributed by atoms with van der Waals surface area (Å²) in [7, 11) is -3.69. The zero-order valence-corrected chi connectivity index (χ0v) is 25.0. The van der Waals surface area contributed by atoms with E-state index in [1.807, 2.05) is 37.3 Å². The molecular formula is C31H48N2O4S. The van der Waals surface area contributed by atoms with Gasteiger partial charge in [0.15, 0.2) is 9.84 Å². The van der Waals surface area contributed by atoms with Gasteiger partial charge in [0.1, 0.15) is 6.04 Å². The molecule has 0 aromatic heterocycles. The number of unbranched alkanes of at least 4 members (excludes halogenated alkanes) is 2. The van der Waals surface area contributed by atoms with Gasteiger partial charge in [-0.05, 0) is 56.4 Å². The van der Waals surface area contributed by atoms with Crippen molar-refractivity contribution in [3.63, 3.8) is 0 Å². The summed E-state index contributed by atoms with van der Waals surface area (Å²) in [6.45, 7) is 17.2. The van der Waals surface area contributed by atoms with Gasteiger partial charge in [-0.25, -0.2) is 8.42 Å². The number of rotatable bonds is 13. The first-order valence-corrected chi connectivity index (χ1v) is 15.6. The van der Waals surface area contributed by atoms with E-state index in [0.717, 1.165) is 55.4 Å². The summed E-state index contributed by atoms with van der Waals surface area (Å²) in [6.07, 6.45) is 7.41. The highest BCUT2D eigenvalue weighted by molar-refractivity contribution is 7.95. The van der Waals surface area contributed by atoms with Crippen LogP contribution >= 0.6 is 0 Å². The zero-order valence-electron chi connectivity index (χ0n) is 24.2. The fraction of sp³-hybridized carbons (Fsp3) is 0.581. The lowest BCUT2D eigenvalue weighted by molar-refractivity contribution is -0.138. The van der Waals surface area contributed by atoms with Gasteiger partial charge >= 0.3 is 5.97 Å². The van der Waals surface area contributed by atoms with Gasteiger partial charge in [0, 0.05) is 24.2 Å². The highest BCUT2D eigenvalue weighted by atomic mass is 32.2. The largest absolute Gasteiger partial charge is 0.480 e. The Hall–Kier alpha value is -2.38. The Kier molecular flexibility index (Phi) is 11.8. The Morgan fingerprint density at radius 2 is 1.71 bits per heavy atom. The molecule has 38 heavy (non-hydrogen) atoms. The van der Waals surface area contributed by atoms with Gasteiger partial charge < -0.3 is 15.3 Å². The topological polar surface area (TPSA) is 86.7 Å². The molecule has 0 spiro atoms. The van der Waals surface area contributed by atoms with Gasteiger partial charge in [-0.3, -0.25) is 4.79 Å². The smallest absolute Gasteiger partial charge is 0.320 e. The summed E-state index contributed by atoms with van der Waals surface area (Å²) in [6, 6.07) is 9.16. The minimum atomic E-state index is -3.69. The van der Waals surface area contributed by atoms with E-state index in [0.29, 0.717) is 12.2 Å². The minimum Gasteiger partial charge on any atom is -0.480 e. The fourth-order valence-electron chi connectivity index (χ4n) is 5.01. The molecule has 0 aliphatic carbocycles. The van der Waals surface area contributed by atoms with E-state index < -0.39 is 21.8 Å². The number of nitrogens with zero attached hydrogens (tertiary/aromatic N) is 1. The van der Waals surface area contributed by atoms with E-state index in [1.165, 1.54) is 0 Å². The highest BCUT2D eigenvalue weighted by Crippen LogP contribution is 2.43. The number of para-hydroxylation sites is 1. The lowest BCUT2D eigenvalue weighted by Crippen LogP contribution is -2.38. The standard InChI is InChI=1S/C31H48N2O4S/c1-8-10-17-31(18-11-9-2)21-33(28-15-13-12-14-16-28)26(7)29(38(36,37)22-31)19-27(24(5)23(3)4)20-32-25(6)30(34)35/h12-16,19,23,25,32H,7-11,17-18,20-22H2,1-6H3,(H,34,35)/b27-24-,29-19+/t25-/m1/s1. The van der Waals surface area contributed by atoms with Crippen molar-refractivity contribution >= 4 is 21.5 Å². The highest BCUT2D eigenvalue weighted by Gasteiger charge is 2.43. The molecule has 0 radical (unpaired) electrons. The third kappa shape index (κ3) is 8.31. The third-order valence-corrected chi connectivity index (χ3v) is 9.79. The van der Waals surface area contributed by atoms with Crippen LogP contribution in [0.25, 0.3) is 0 Å². The molecule has 6 nitrogen and oxygen atoms in total. The van der Waals surface area contributed by atoms with E-state index in [-0.39, 0.29) is 28.5 Å². The molecule has 0 amide bonds. The predicted octanol–water partition coefficient (Wildman–Crippen LogP) is 6.72. The van der Waals surface area contributed by atoms with E-state index in [9.17, 15) is 18.3 Å². The molecule has 0 saturated carbocycles. The Bertz CT molecular complexity index is 1110. The zero-order chi connectivity index (χ0) is 28.5. The van der Waals surface area contributed by atoms with Crippen molar-refractivity contribution in [3.8, 4) is 0 Å². The fourth-order valence-corrected chi connectivity index (χ4v) is 7.15. The van der Waals surface area contributed by atoms with Crippen LogP contribution in [0.4, 0.5) is 5.69 Å². The van der Waals surface area contributed by atoms with Gasteiger partial charge in [-0.2, -0.15) is 0 Å². The molecule has 1 atom stereocenters. The number of anilines is 1. The van der Waals surface area contributed by atoms with Crippen LogP contribution in [0, 0.1) is 11.3 Å². The molecule has 212 valence electrons. The first-order valence-electron chi connectivity index (χ1n) is 14.0.